The van der Waals surface area contributed by atoms with Crippen LogP contribution in [-0.2, 0) is 4.79 Å². The van der Waals surface area contributed by atoms with Crippen molar-refractivity contribution in [2.45, 2.75) is 39.7 Å². The highest BCUT2D eigenvalue weighted by Crippen LogP contribution is 2.23. The molecule has 0 aliphatic heterocycles. The zero-order chi connectivity index (χ0) is 15.1. The van der Waals surface area contributed by atoms with Gasteiger partial charge in [-0.3, -0.25) is 4.79 Å². The number of para-hydroxylation sites is 1. The molecule has 4 nitrogen and oxygen atoms in total. The minimum absolute atomic E-state index is 0.00204. The fourth-order valence-corrected chi connectivity index (χ4v) is 1.77. The standard InChI is InChI=1S/C16H21N3O/c1-11(2)14-7-5-6-8-15(14)18-10-13(9-17)16(20)19-12(3)4/h5-8,10-12,18H,1-4H3,(H,19,20)/b13-10-. The zero-order valence-corrected chi connectivity index (χ0v) is 12.4. The summed E-state index contributed by atoms with van der Waals surface area (Å²) >= 11 is 0. The first-order valence-corrected chi connectivity index (χ1v) is 6.72. The molecule has 0 aromatic heterocycles. The van der Waals surface area contributed by atoms with Crippen molar-refractivity contribution in [2.24, 2.45) is 0 Å². The SMILES string of the molecule is CC(C)NC(=O)/C(C#N)=C\Nc1ccccc1C(C)C. The van der Waals surface area contributed by atoms with Crippen molar-refractivity contribution in [1.29, 1.82) is 5.26 Å². The molecule has 0 unspecified atom stereocenters. The number of hydrogen-bond acceptors (Lipinski definition) is 3. The first-order chi connectivity index (χ1) is 9.45. The van der Waals surface area contributed by atoms with Crippen LogP contribution in [0.2, 0.25) is 0 Å². The van der Waals surface area contributed by atoms with Gasteiger partial charge in [0, 0.05) is 17.9 Å². The van der Waals surface area contributed by atoms with Crippen LogP contribution in [0.5, 0.6) is 0 Å². The molecule has 2 N–H and O–H groups in total. The molecular formula is C16H21N3O. The van der Waals surface area contributed by atoms with Gasteiger partial charge in [0.25, 0.3) is 5.91 Å². The Labute approximate surface area is 120 Å². The lowest BCUT2D eigenvalue weighted by molar-refractivity contribution is -0.117. The van der Waals surface area contributed by atoms with Gasteiger partial charge in [-0.2, -0.15) is 5.26 Å². The van der Waals surface area contributed by atoms with Crippen LogP contribution in [0.4, 0.5) is 5.69 Å². The molecule has 0 atom stereocenters. The van der Waals surface area contributed by atoms with Crippen LogP contribution in [-0.4, -0.2) is 11.9 Å². The molecule has 0 fully saturated rings. The maximum Gasteiger partial charge on any atom is 0.263 e. The van der Waals surface area contributed by atoms with Gasteiger partial charge in [-0.25, -0.2) is 0 Å². The highest BCUT2D eigenvalue weighted by Gasteiger charge is 2.10. The van der Waals surface area contributed by atoms with E-state index in [1.165, 1.54) is 6.20 Å². The van der Waals surface area contributed by atoms with E-state index >= 15 is 0 Å². The lowest BCUT2D eigenvalue weighted by Gasteiger charge is -2.12. The number of nitriles is 1. The Kier molecular flexibility index (Phi) is 5.79. The first-order valence-electron chi connectivity index (χ1n) is 6.72. The van der Waals surface area contributed by atoms with Crippen LogP contribution < -0.4 is 10.6 Å². The van der Waals surface area contributed by atoms with Crippen LogP contribution in [0.25, 0.3) is 0 Å². The summed E-state index contributed by atoms with van der Waals surface area (Å²) in [5, 5.41) is 14.8. The van der Waals surface area contributed by atoms with E-state index in [4.69, 9.17) is 5.26 Å². The van der Waals surface area contributed by atoms with Crippen molar-refractivity contribution in [3.8, 4) is 6.07 Å². The van der Waals surface area contributed by atoms with Gasteiger partial charge in [0.15, 0.2) is 0 Å². The van der Waals surface area contributed by atoms with Gasteiger partial charge in [-0.1, -0.05) is 32.0 Å². The summed E-state index contributed by atoms with van der Waals surface area (Å²) in [5.74, 6) is -0.000783. The smallest absolute Gasteiger partial charge is 0.263 e. The monoisotopic (exact) mass is 271 g/mol. The van der Waals surface area contributed by atoms with E-state index in [9.17, 15) is 4.79 Å². The average molecular weight is 271 g/mol. The molecule has 1 amide bonds. The molecule has 0 saturated heterocycles. The van der Waals surface area contributed by atoms with E-state index in [-0.39, 0.29) is 17.5 Å². The van der Waals surface area contributed by atoms with Crippen molar-refractivity contribution in [3.05, 3.63) is 41.6 Å². The Balaban J connectivity index is 2.90. The number of rotatable bonds is 5. The van der Waals surface area contributed by atoms with E-state index in [0.717, 1.165) is 11.3 Å². The summed E-state index contributed by atoms with van der Waals surface area (Å²) in [6, 6.07) is 9.77. The van der Waals surface area contributed by atoms with Gasteiger partial charge in [0.1, 0.15) is 11.6 Å². The van der Waals surface area contributed by atoms with Crippen LogP contribution >= 0.6 is 0 Å². The largest absolute Gasteiger partial charge is 0.360 e. The molecule has 0 bridgehead atoms. The normalized spacial score (nSPS) is 11.3. The first kappa shape index (κ1) is 15.8. The lowest BCUT2D eigenvalue weighted by Crippen LogP contribution is -2.31. The van der Waals surface area contributed by atoms with Crippen molar-refractivity contribution in [2.75, 3.05) is 5.32 Å². The number of nitrogens with zero attached hydrogens (tertiary/aromatic N) is 1. The molecule has 4 heteroatoms. The van der Waals surface area contributed by atoms with Crippen molar-refractivity contribution in [1.82, 2.24) is 5.32 Å². The molecule has 1 aromatic rings. The number of nitrogens with one attached hydrogen (secondary N) is 2. The van der Waals surface area contributed by atoms with Crippen molar-refractivity contribution in [3.63, 3.8) is 0 Å². The van der Waals surface area contributed by atoms with E-state index in [2.05, 4.69) is 24.5 Å². The van der Waals surface area contributed by atoms with Gasteiger partial charge in [-0.05, 0) is 31.4 Å². The molecule has 0 radical (unpaired) electrons. The Morgan fingerprint density at radius 1 is 1.25 bits per heavy atom. The number of anilines is 1. The number of benzene rings is 1. The predicted molar refractivity (Wildman–Crippen MR) is 81.1 cm³/mol. The molecule has 0 aliphatic carbocycles. The van der Waals surface area contributed by atoms with Gasteiger partial charge >= 0.3 is 0 Å². The molecule has 20 heavy (non-hydrogen) atoms. The lowest BCUT2D eigenvalue weighted by atomic mass is 10.0. The summed E-state index contributed by atoms with van der Waals surface area (Å²) in [6.07, 6.45) is 1.46. The minimum Gasteiger partial charge on any atom is -0.360 e. The minimum atomic E-state index is -0.364. The third kappa shape index (κ3) is 4.43. The van der Waals surface area contributed by atoms with Gasteiger partial charge < -0.3 is 10.6 Å². The Morgan fingerprint density at radius 2 is 1.90 bits per heavy atom. The summed E-state index contributed by atoms with van der Waals surface area (Å²) < 4.78 is 0. The van der Waals surface area contributed by atoms with Crippen molar-refractivity contribution < 1.29 is 4.79 Å². The molecule has 0 saturated carbocycles. The molecule has 1 aromatic carbocycles. The number of carbonyl (C=O) groups excluding carboxylic acids is 1. The maximum absolute atomic E-state index is 11.8. The second-order valence-corrected chi connectivity index (χ2v) is 5.18. The topological polar surface area (TPSA) is 64.9 Å². The quantitative estimate of drug-likeness (QED) is 0.638. The van der Waals surface area contributed by atoms with Gasteiger partial charge in [-0.15, -0.1) is 0 Å². The van der Waals surface area contributed by atoms with Gasteiger partial charge in [0.05, 0.1) is 0 Å². The van der Waals surface area contributed by atoms with E-state index in [1.807, 2.05) is 44.2 Å². The number of carbonyl (C=O) groups is 1. The predicted octanol–water partition coefficient (Wildman–Crippen LogP) is 3.15. The molecular weight excluding hydrogens is 250 g/mol. The van der Waals surface area contributed by atoms with Crippen LogP contribution in [0.1, 0.15) is 39.2 Å². The summed E-state index contributed by atoms with van der Waals surface area (Å²) in [6.45, 7) is 7.91. The molecule has 0 heterocycles. The third-order valence-corrected chi connectivity index (χ3v) is 2.74. The Hall–Kier alpha value is -2.28. The molecule has 106 valence electrons. The fraction of sp³-hybridized carbons (Fsp3) is 0.375. The number of hydrogen-bond donors (Lipinski definition) is 2. The Morgan fingerprint density at radius 3 is 2.45 bits per heavy atom. The average Bonchev–Trinajstić information content (AvgIpc) is 2.38. The highest BCUT2D eigenvalue weighted by molar-refractivity contribution is 5.97. The second kappa shape index (κ2) is 7.34. The summed E-state index contributed by atoms with van der Waals surface area (Å²) in [7, 11) is 0. The van der Waals surface area contributed by atoms with E-state index < -0.39 is 0 Å². The summed E-state index contributed by atoms with van der Waals surface area (Å²) in [5.41, 5.74) is 2.12. The summed E-state index contributed by atoms with van der Waals surface area (Å²) in [4.78, 5) is 11.8. The number of amides is 1. The zero-order valence-electron chi connectivity index (χ0n) is 12.4. The second-order valence-electron chi connectivity index (χ2n) is 5.18. The maximum atomic E-state index is 11.8. The molecule has 0 aliphatic rings. The molecule has 1 rings (SSSR count). The Bertz CT molecular complexity index is 539. The van der Waals surface area contributed by atoms with E-state index in [0.29, 0.717) is 5.92 Å². The highest BCUT2D eigenvalue weighted by atomic mass is 16.1. The van der Waals surface area contributed by atoms with Crippen molar-refractivity contribution >= 4 is 11.6 Å². The van der Waals surface area contributed by atoms with Crippen LogP contribution in [0.15, 0.2) is 36.0 Å². The fourth-order valence-electron chi connectivity index (χ4n) is 1.77. The third-order valence-electron chi connectivity index (χ3n) is 2.74. The van der Waals surface area contributed by atoms with Crippen LogP contribution in [0, 0.1) is 11.3 Å². The van der Waals surface area contributed by atoms with E-state index in [1.54, 1.807) is 0 Å². The van der Waals surface area contributed by atoms with Crippen LogP contribution in [0.3, 0.4) is 0 Å². The molecule has 0 spiro atoms. The van der Waals surface area contributed by atoms with Gasteiger partial charge in [0.2, 0.25) is 0 Å².